The molecule has 1 unspecified atom stereocenters. The number of aliphatic hydroxyl groups excluding tert-OH is 1. The van der Waals surface area contributed by atoms with Crippen LogP contribution in [0.4, 0.5) is 4.79 Å². The highest BCUT2D eigenvalue weighted by Crippen LogP contribution is 2.34. The van der Waals surface area contributed by atoms with Gasteiger partial charge in [-0.15, -0.1) is 0 Å². The lowest BCUT2D eigenvalue weighted by atomic mass is 9.84. The number of amides is 2. The van der Waals surface area contributed by atoms with E-state index in [2.05, 4.69) is 38.5 Å². The molecular formula is C28H34BrIN2O5. The van der Waals surface area contributed by atoms with Crippen molar-refractivity contribution in [1.82, 2.24) is 9.80 Å². The summed E-state index contributed by atoms with van der Waals surface area (Å²) in [5.74, 6) is -0.651. The predicted molar refractivity (Wildman–Crippen MR) is 153 cm³/mol. The third kappa shape index (κ3) is 7.25. The van der Waals surface area contributed by atoms with Crippen LogP contribution in [-0.4, -0.2) is 64.7 Å². The van der Waals surface area contributed by atoms with Crippen molar-refractivity contribution >= 4 is 50.5 Å². The van der Waals surface area contributed by atoms with E-state index in [0.29, 0.717) is 32.4 Å². The van der Waals surface area contributed by atoms with Crippen molar-refractivity contribution in [2.75, 3.05) is 19.7 Å². The molecule has 0 aromatic heterocycles. The molecule has 9 heteroatoms. The predicted octanol–water partition coefficient (Wildman–Crippen LogP) is 5.22. The van der Waals surface area contributed by atoms with Crippen LogP contribution in [0.25, 0.3) is 0 Å². The van der Waals surface area contributed by atoms with Crippen LogP contribution in [0, 0.1) is 15.4 Å². The van der Waals surface area contributed by atoms with Crippen LogP contribution in [0.1, 0.15) is 38.3 Å². The maximum Gasteiger partial charge on any atom is 0.410 e. The zero-order valence-corrected chi connectivity index (χ0v) is 25.1. The molecule has 2 aliphatic heterocycles. The summed E-state index contributed by atoms with van der Waals surface area (Å²) < 4.78 is 13.2. The molecule has 7 nitrogen and oxygen atoms in total. The molecule has 0 saturated carbocycles. The lowest BCUT2D eigenvalue weighted by molar-refractivity contribution is -0.170. The van der Waals surface area contributed by atoms with Crippen molar-refractivity contribution < 1.29 is 24.2 Å². The van der Waals surface area contributed by atoms with E-state index in [1.165, 1.54) is 4.90 Å². The number of hydrogen-bond acceptors (Lipinski definition) is 5. The summed E-state index contributed by atoms with van der Waals surface area (Å²) in [5.41, 5.74) is 1.51. The molecule has 2 fully saturated rings. The van der Waals surface area contributed by atoms with Gasteiger partial charge in [-0.1, -0.05) is 52.3 Å². The molecule has 37 heavy (non-hydrogen) atoms. The minimum Gasteiger partial charge on any atom is -0.444 e. The average Bonchev–Trinajstić information content (AvgIpc) is 3.45. The van der Waals surface area contributed by atoms with Gasteiger partial charge in [0.05, 0.1) is 12.6 Å². The first-order valence-electron chi connectivity index (χ1n) is 12.6. The van der Waals surface area contributed by atoms with Crippen molar-refractivity contribution in [3.05, 3.63) is 67.7 Å². The summed E-state index contributed by atoms with van der Waals surface area (Å²) in [6, 6.07) is 15.7. The lowest BCUT2D eigenvalue weighted by Gasteiger charge is -2.32. The van der Waals surface area contributed by atoms with Crippen LogP contribution in [0.5, 0.6) is 0 Å². The van der Waals surface area contributed by atoms with Gasteiger partial charge in [-0.3, -0.25) is 9.69 Å². The van der Waals surface area contributed by atoms with Crippen molar-refractivity contribution in [2.45, 2.75) is 58.1 Å². The van der Waals surface area contributed by atoms with Crippen molar-refractivity contribution in [2.24, 2.45) is 11.8 Å². The van der Waals surface area contributed by atoms with E-state index < -0.39 is 17.9 Å². The minimum atomic E-state index is -1.28. The molecule has 2 aromatic rings. The fourth-order valence-electron chi connectivity index (χ4n) is 5.05. The number of aliphatic hydroxyl groups is 1. The van der Waals surface area contributed by atoms with Crippen molar-refractivity contribution in [3.8, 4) is 0 Å². The number of rotatable bonds is 6. The molecular weight excluding hydrogens is 651 g/mol. The van der Waals surface area contributed by atoms with Crippen LogP contribution in [-0.2, 0) is 27.1 Å². The number of ether oxygens (including phenoxy) is 2. The van der Waals surface area contributed by atoms with Gasteiger partial charge in [0.1, 0.15) is 5.60 Å². The molecule has 0 bridgehead atoms. The number of nitrogens with zero attached hydrogens (tertiary/aromatic N) is 2. The first-order chi connectivity index (χ1) is 17.5. The fraction of sp³-hybridized carbons (Fsp3) is 0.500. The molecule has 2 heterocycles. The molecule has 4 atom stereocenters. The molecule has 2 aromatic carbocycles. The van der Waals surface area contributed by atoms with Gasteiger partial charge in [-0.25, -0.2) is 4.79 Å². The number of halogens is 2. The quantitative estimate of drug-likeness (QED) is 0.423. The Morgan fingerprint density at radius 3 is 2.62 bits per heavy atom. The highest BCUT2D eigenvalue weighted by atomic mass is 127. The van der Waals surface area contributed by atoms with Crippen molar-refractivity contribution in [3.63, 3.8) is 0 Å². The van der Waals surface area contributed by atoms with Gasteiger partial charge in [-0.2, -0.15) is 0 Å². The summed E-state index contributed by atoms with van der Waals surface area (Å²) in [6.07, 6.45) is 0.129. The van der Waals surface area contributed by atoms with E-state index >= 15 is 0 Å². The van der Waals surface area contributed by atoms with E-state index in [0.717, 1.165) is 19.2 Å². The summed E-state index contributed by atoms with van der Waals surface area (Å²) in [4.78, 5) is 30.1. The van der Waals surface area contributed by atoms with Crippen LogP contribution < -0.4 is 0 Å². The smallest absolute Gasteiger partial charge is 0.410 e. The maximum atomic E-state index is 14.2. The first kappa shape index (κ1) is 28.3. The Bertz CT molecular complexity index is 1110. The Morgan fingerprint density at radius 2 is 1.95 bits per heavy atom. The van der Waals surface area contributed by atoms with Crippen LogP contribution in [0.15, 0.2) is 53.0 Å². The van der Waals surface area contributed by atoms with Gasteiger partial charge in [0, 0.05) is 27.1 Å². The Morgan fingerprint density at radius 1 is 1.22 bits per heavy atom. The van der Waals surface area contributed by atoms with Gasteiger partial charge in [0.25, 0.3) is 0 Å². The third-order valence-corrected chi connectivity index (χ3v) is 8.26. The second-order valence-corrected chi connectivity index (χ2v) is 12.9. The molecule has 2 saturated heterocycles. The van der Waals surface area contributed by atoms with E-state index in [-0.39, 0.29) is 30.6 Å². The zero-order valence-electron chi connectivity index (χ0n) is 21.4. The second-order valence-electron chi connectivity index (χ2n) is 10.8. The highest BCUT2D eigenvalue weighted by molar-refractivity contribution is 14.1. The standard InChI is InChI=1S/C28H34BrIN2O5/c1-28(2,3)37-26(34)31-12-11-20(16-31)23(14-19-9-10-21(30)15-24(19)29)25(33)32-22(17-36-27(32)35)13-18-7-5-4-6-8-18/h4-10,15,20,22-23,27,35H,11-14,16-17H2,1-3H3/t20-,22-,23-,27?/m0/s1. The second kappa shape index (κ2) is 12.0. The van der Waals surface area contributed by atoms with E-state index in [9.17, 15) is 14.7 Å². The number of hydrogen-bond donors (Lipinski definition) is 1. The molecule has 4 rings (SSSR count). The minimum absolute atomic E-state index is 0.0728. The Hall–Kier alpha value is -1.69. The lowest BCUT2D eigenvalue weighted by Crippen LogP contribution is -2.48. The maximum absolute atomic E-state index is 14.2. The molecule has 0 spiro atoms. The Kier molecular flexibility index (Phi) is 9.19. The van der Waals surface area contributed by atoms with Crippen LogP contribution in [0.2, 0.25) is 0 Å². The summed E-state index contributed by atoms with van der Waals surface area (Å²) in [6.45, 7) is 6.78. The van der Waals surface area contributed by atoms with E-state index in [1.54, 1.807) is 4.90 Å². The van der Waals surface area contributed by atoms with Gasteiger partial charge in [0.15, 0.2) is 0 Å². The van der Waals surface area contributed by atoms with Gasteiger partial charge >= 0.3 is 6.09 Å². The summed E-state index contributed by atoms with van der Waals surface area (Å²) in [5, 5.41) is 10.7. The molecule has 200 valence electrons. The Labute approximate surface area is 240 Å². The van der Waals surface area contributed by atoms with E-state index in [4.69, 9.17) is 9.47 Å². The molecule has 0 radical (unpaired) electrons. The van der Waals surface area contributed by atoms with Gasteiger partial charge < -0.3 is 19.5 Å². The number of carbonyl (C=O) groups excluding carboxylic acids is 2. The molecule has 2 aliphatic rings. The van der Waals surface area contributed by atoms with Crippen molar-refractivity contribution in [1.29, 1.82) is 0 Å². The van der Waals surface area contributed by atoms with Gasteiger partial charge in [0.2, 0.25) is 12.3 Å². The number of carbonyl (C=O) groups is 2. The largest absolute Gasteiger partial charge is 0.444 e. The van der Waals surface area contributed by atoms with Crippen LogP contribution >= 0.6 is 38.5 Å². The monoisotopic (exact) mass is 684 g/mol. The molecule has 0 aliphatic carbocycles. The number of benzene rings is 2. The first-order valence-corrected chi connectivity index (χ1v) is 14.5. The average molecular weight is 685 g/mol. The van der Waals surface area contributed by atoms with E-state index in [1.807, 2.05) is 69.3 Å². The number of likely N-dealkylation sites (tertiary alicyclic amines) is 1. The molecule has 1 N–H and O–H groups in total. The normalized spacial score (nSPS) is 22.8. The topological polar surface area (TPSA) is 79.3 Å². The van der Waals surface area contributed by atoms with Gasteiger partial charge in [-0.05, 0) is 91.8 Å². The zero-order chi connectivity index (χ0) is 26.7. The highest BCUT2D eigenvalue weighted by Gasteiger charge is 2.44. The van der Waals surface area contributed by atoms with Crippen LogP contribution in [0.3, 0.4) is 0 Å². The summed E-state index contributed by atoms with van der Waals surface area (Å²) >= 11 is 5.93. The molecule has 2 amide bonds. The fourth-order valence-corrected chi connectivity index (χ4v) is 6.51. The SMILES string of the molecule is CC(C)(C)OC(=O)N1CC[C@H]([C@H](Cc2ccc(I)cc2Br)C(=O)N2C(O)OC[C@@H]2Cc2ccccc2)C1. The Balaban J connectivity index is 1.58. The third-order valence-electron chi connectivity index (χ3n) is 6.86. The summed E-state index contributed by atoms with van der Waals surface area (Å²) in [7, 11) is 0.